The van der Waals surface area contributed by atoms with Gasteiger partial charge in [0.15, 0.2) is 0 Å². The Bertz CT molecular complexity index is 1080. The van der Waals surface area contributed by atoms with Gasteiger partial charge in [-0.25, -0.2) is 9.59 Å². The van der Waals surface area contributed by atoms with Gasteiger partial charge in [-0.1, -0.05) is 25.1 Å². The molecular formula is C24H29N3O6. The highest BCUT2D eigenvalue weighted by Crippen LogP contribution is 2.40. The maximum Gasteiger partial charge on any atom is 0.328 e. The van der Waals surface area contributed by atoms with Gasteiger partial charge in [-0.2, -0.15) is 0 Å². The van der Waals surface area contributed by atoms with E-state index in [1.165, 1.54) is 22.1 Å². The van der Waals surface area contributed by atoms with Gasteiger partial charge in [0.25, 0.3) is 0 Å². The van der Waals surface area contributed by atoms with Gasteiger partial charge in [0.2, 0.25) is 5.91 Å². The normalized spacial score (nSPS) is 20.4. The van der Waals surface area contributed by atoms with E-state index in [1.807, 2.05) is 6.92 Å². The van der Waals surface area contributed by atoms with Crippen LogP contribution in [0.2, 0.25) is 0 Å². The van der Waals surface area contributed by atoms with Crippen LogP contribution in [-0.4, -0.2) is 75.3 Å². The minimum atomic E-state index is -1.26. The van der Waals surface area contributed by atoms with Crippen molar-refractivity contribution in [3.05, 3.63) is 53.8 Å². The molecule has 0 radical (unpaired) electrons. The van der Waals surface area contributed by atoms with E-state index in [0.29, 0.717) is 24.7 Å². The number of aliphatic carboxylic acids is 2. The summed E-state index contributed by atoms with van der Waals surface area (Å²) in [5.41, 5.74) is 5.01. The van der Waals surface area contributed by atoms with Crippen molar-refractivity contribution in [2.45, 2.75) is 31.8 Å². The molecule has 2 aromatic rings. The Hall–Kier alpha value is -3.43. The van der Waals surface area contributed by atoms with Crippen LogP contribution < -0.4 is 5.32 Å². The fraction of sp³-hybridized carbons (Fsp3) is 0.375. The summed E-state index contributed by atoms with van der Waals surface area (Å²) in [4.78, 5) is 37.4. The first kappa shape index (κ1) is 24.2. The molecule has 0 bridgehead atoms. The Kier molecular flexibility index (Phi) is 7.67. The number of aromatic amines is 1. The number of likely N-dealkylation sites (N-methyl/N-ethyl adjacent to an activating group) is 1. The van der Waals surface area contributed by atoms with Crippen molar-refractivity contribution in [2.75, 3.05) is 20.2 Å². The first-order valence-electron chi connectivity index (χ1n) is 10.8. The number of aliphatic hydroxyl groups is 1. The highest BCUT2D eigenvalue weighted by molar-refractivity contribution is 5.99. The lowest BCUT2D eigenvalue weighted by Crippen LogP contribution is -2.48. The van der Waals surface area contributed by atoms with Gasteiger partial charge in [0.05, 0.1) is 18.6 Å². The predicted molar refractivity (Wildman–Crippen MR) is 124 cm³/mol. The number of H-pyrrole nitrogens is 1. The van der Waals surface area contributed by atoms with E-state index in [2.05, 4.69) is 52.7 Å². The van der Waals surface area contributed by atoms with E-state index < -0.39 is 11.9 Å². The molecule has 5 N–H and O–H groups in total. The van der Waals surface area contributed by atoms with E-state index in [0.717, 1.165) is 18.4 Å². The number of nitrogens with zero attached hydrogens (tertiary/aromatic N) is 1. The van der Waals surface area contributed by atoms with Crippen molar-refractivity contribution < 1.29 is 29.7 Å². The van der Waals surface area contributed by atoms with Crippen molar-refractivity contribution in [1.29, 1.82) is 0 Å². The topological polar surface area (TPSA) is 143 Å². The van der Waals surface area contributed by atoms with Gasteiger partial charge in [-0.3, -0.25) is 9.69 Å². The Morgan fingerprint density at radius 1 is 1.24 bits per heavy atom. The van der Waals surface area contributed by atoms with Crippen LogP contribution in [0.3, 0.4) is 0 Å². The first-order valence-corrected chi connectivity index (χ1v) is 10.8. The van der Waals surface area contributed by atoms with E-state index in [1.54, 1.807) is 0 Å². The second-order valence-electron chi connectivity index (χ2n) is 8.24. The maximum atomic E-state index is 12.7. The van der Waals surface area contributed by atoms with Crippen LogP contribution in [0.5, 0.6) is 0 Å². The second kappa shape index (κ2) is 10.5. The average Bonchev–Trinajstić information content (AvgIpc) is 3.21. The molecule has 9 heteroatoms. The zero-order valence-corrected chi connectivity index (χ0v) is 18.6. The van der Waals surface area contributed by atoms with Crippen molar-refractivity contribution in [3.63, 3.8) is 0 Å². The molecule has 0 saturated carbocycles. The van der Waals surface area contributed by atoms with E-state index >= 15 is 0 Å². The number of aliphatic hydroxyl groups excluding tert-OH is 1. The highest BCUT2D eigenvalue weighted by atomic mass is 16.4. The lowest BCUT2D eigenvalue weighted by Gasteiger charge is -2.39. The van der Waals surface area contributed by atoms with Crippen LogP contribution >= 0.6 is 0 Å². The van der Waals surface area contributed by atoms with Crippen molar-refractivity contribution in [1.82, 2.24) is 15.2 Å². The fourth-order valence-corrected chi connectivity index (χ4v) is 4.34. The summed E-state index contributed by atoms with van der Waals surface area (Å²) in [5, 5.41) is 29.2. The molecule has 0 fully saturated rings. The van der Waals surface area contributed by atoms with Gasteiger partial charge in [-0.15, -0.1) is 0 Å². The lowest BCUT2D eigenvalue weighted by molar-refractivity contribution is -0.134. The Balaban J connectivity index is 0.000000331. The number of carboxylic acid groups (broad SMARTS) is 2. The molecule has 1 aromatic heterocycles. The third kappa shape index (κ3) is 5.50. The SMILES string of the molecule is CC[C@@H](CO)NC(=O)[C@@H]1C=C2c3cccc4[nH]cc(c34)C[C@H]2N(C)C1.O=C(O)/C=C\C(=O)O. The van der Waals surface area contributed by atoms with Crippen LogP contribution in [0.4, 0.5) is 0 Å². The summed E-state index contributed by atoms with van der Waals surface area (Å²) in [5.74, 6) is -2.70. The molecule has 1 aliphatic carbocycles. The van der Waals surface area contributed by atoms with E-state index in [9.17, 15) is 19.5 Å². The number of hydrogen-bond acceptors (Lipinski definition) is 5. The van der Waals surface area contributed by atoms with Gasteiger partial charge < -0.3 is 25.6 Å². The van der Waals surface area contributed by atoms with Crippen molar-refractivity contribution >= 4 is 34.3 Å². The molecule has 1 amide bonds. The molecule has 0 unspecified atom stereocenters. The summed E-state index contributed by atoms with van der Waals surface area (Å²) in [7, 11) is 2.10. The number of carbonyl (C=O) groups excluding carboxylic acids is 1. The molecule has 1 aromatic carbocycles. The number of carboxylic acids is 2. The zero-order chi connectivity index (χ0) is 24.1. The van der Waals surface area contributed by atoms with Crippen LogP contribution in [0.25, 0.3) is 16.5 Å². The Labute approximate surface area is 191 Å². The molecule has 2 aliphatic rings. The van der Waals surface area contributed by atoms with Crippen LogP contribution in [0.15, 0.2) is 42.6 Å². The van der Waals surface area contributed by atoms with Crippen LogP contribution in [0, 0.1) is 5.92 Å². The molecule has 2 heterocycles. The number of aromatic nitrogens is 1. The number of amides is 1. The first-order chi connectivity index (χ1) is 15.7. The van der Waals surface area contributed by atoms with Crippen molar-refractivity contribution in [3.8, 4) is 0 Å². The minimum absolute atomic E-state index is 0.00532. The smallest absolute Gasteiger partial charge is 0.328 e. The molecule has 0 spiro atoms. The molecule has 33 heavy (non-hydrogen) atoms. The number of rotatable bonds is 6. The number of benzene rings is 1. The lowest BCUT2D eigenvalue weighted by atomic mass is 9.80. The minimum Gasteiger partial charge on any atom is -0.478 e. The van der Waals surface area contributed by atoms with Gasteiger partial charge in [0, 0.05) is 41.8 Å². The van der Waals surface area contributed by atoms with Gasteiger partial charge >= 0.3 is 11.9 Å². The Morgan fingerprint density at radius 2 is 1.94 bits per heavy atom. The molecule has 3 atom stereocenters. The van der Waals surface area contributed by atoms with Crippen molar-refractivity contribution in [2.24, 2.45) is 5.92 Å². The summed E-state index contributed by atoms with van der Waals surface area (Å²) in [6.45, 7) is 2.66. The highest BCUT2D eigenvalue weighted by Gasteiger charge is 2.35. The maximum absolute atomic E-state index is 12.7. The molecule has 1 aliphatic heterocycles. The number of hydrogen-bond donors (Lipinski definition) is 5. The standard InChI is InChI=1S/C20H25N3O2.C4H4O4/c1-3-14(11-24)22-20(25)13-7-16-15-5-4-6-17-19(15)12(9-21-17)8-18(16)23(2)10-13;5-3(6)1-2-4(7)8/h4-7,9,13-14,18,21,24H,3,8,10-11H2,1-2H3,(H,22,25);1-2H,(H,5,6)(H,7,8)/b;2-1-/t13-,14+,18-;/m1./s1. The van der Waals surface area contributed by atoms with Crippen LogP contribution in [-0.2, 0) is 20.8 Å². The molecule has 176 valence electrons. The fourth-order valence-electron chi connectivity index (χ4n) is 4.34. The number of fused-ring (bicyclic) bond motifs is 2. The second-order valence-corrected chi connectivity index (χ2v) is 8.24. The summed E-state index contributed by atoms with van der Waals surface area (Å²) in [6.07, 6.45) is 7.09. The van der Waals surface area contributed by atoms with E-state index in [-0.39, 0.29) is 24.5 Å². The third-order valence-corrected chi connectivity index (χ3v) is 6.03. The number of carbonyl (C=O) groups is 3. The van der Waals surface area contributed by atoms with Crippen LogP contribution in [0.1, 0.15) is 24.5 Å². The number of nitrogens with one attached hydrogen (secondary N) is 2. The molecule has 0 saturated heterocycles. The summed E-state index contributed by atoms with van der Waals surface area (Å²) < 4.78 is 0. The predicted octanol–water partition coefficient (Wildman–Crippen LogP) is 1.64. The van der Waals surface area contributed by atoms with Gasteiger partial charge in [0.1, 0.15) is 0 Å². The van der Waals surface area contributed by atoms with Gasteiger partial charge in [-0.05, 0) is 42.7 Å². The Morgan fingerprint density at radius 3 is 2.55 bits per heavy atom. The molecule has 9 nitrogen and oxygen atoms in total. The zero-order valence-electron chi connectivity index (χ0n) is 18.6. The average molecular weight is 456 g/mol. The van der Waals surface area contributed by atoms with E-state index in [4.69, 9.17) is 10.2 Å². The third-order valence-electron chi connectivity index (χ3n) is 6.03. The molecular weight excluding hydrogens is 426 g/mol. The quantitative estimate of drug-likeness (QED) is 0.417. The molecule has 4 rings (SSSR count). The largest absolute Gasteiger partial charge is 0.478 e. The summed E-state index contributed by atoms with van der Waals surface area (Å²) >= 11 is 0. The summed E-state index contributed by atoms with van der Waals surface area (Å²) in [6, 6.07) is 6.49. The monoisotopic (exact) mass is 455 g/mol.